The summed E-state index contributed by atoms with van der Waals surface area (Å²) >= 11 is 26.5. The molecule has 0 spiro atoms. The van der Waals surface area contributed by atoms with Crippen molar-refractivity contribution in [3.63, 3.8) is 0 Å². The molecule has 64 heteroatoms. The maximum atomic E-state index is 13.5. The van der Waals surface area contributed by atoms with E-state index in [0.29, 0.717) is 12.0 Å². The summed E-state index contributed by atoms with van der Waals surface area (Å²) in [5.41, 5.74) is 21.2. The van der Waals surface area contributed by atoms with Crippen LogP contribution in [0.2, 0.25) is 0 Å². The topological polar surface area (TPSA) is 687 Å². The van der Waals surface area contributed by atoms with Crippen LogP contribution in [0.25, 0.3) is 33.5 Å². The van der Waals surface area contributed by atoms with Crippen molar-refractivity contribution in [1.82, 2.24) is 87.2 Å². The van der Waals surface area contributed by atoms with E-state index in [0.717, 1.165) is 16.2 Å². The largest absolute Gasteiger partial charge is 0.475 e. The van der Waals surface area contributed by atoms with Crippen molar-refractivity contribution in [1.29, 1.82) is 0 Å². The molecule has 0 saturated carbocycles. The Kier molecular flexibility index (Phi) is 28.9. The number of nitrogens with two attached hydrogens (primary N) is 4. The predicted molar refractivity (Wildman–Crippen MR) is 468 cm³/mol. The molecule has 12 unspecified atom stereocenters. The van der Waals surface area contributed by atoms with Gasteiger partial charge in [-0.25, -0.2) is 49.3 Å². The first-order chi connectivity index (χ1) is 59.5. The summed E-state index contributed by atoms with van der Waals surface area (Å²) in [4.78, 5) is 194. The molecule has 686 valence electrons. The smallest absolute Gasteiger partial charge is 0.383 e. The molecule has 9 aromatic heterocycles. The second kappa shape index (κ2) is 38.3. The highest BCUT2D eigenvalue weighted by molar-refractivity contribution is 8.48. The Balaban J connectivity index is 0.644. The number of aromatic nitrogens is 18. The summed E-state index contributed by atoms with van der Waals surface area (Å²) < 4.78 is 119. The number of nitrogens with one attached hydrogen (secondary N) is 3. The summed E-state index contributed by atoms with van der Waals surface area (Å²) in [6.07, 6.45) is -11.0. The third kappa shape index (κ3) is 21.8. The van der Waals surface area contributed by atoms with Crippen LogP contribution in [0.4, 0.5) is 23.4 Å². The number of ether oxygens (including phenoxy) is 6. The number of aromatic amines is 3. The molecular weight excluding hydrogens is 1910 g/mol. The second-order valence-electron chi connectivity index (χ2n) is 29.5. The number of hydrogen-bond donors (Lipinski definition) is 19. The maximum Gasteiger partial charge on any atom is 0.475 e. The fraction of sp³-hybridized carbons (Fsp3) is 0.565. The van der Waals surface area contributed by atoms with Gasteiger partial charge in [-0.15, -0.1) is 0 Å². The van der Waals surface area contributed by atoms with Crippen LogP contribution in [0.15, 0.2) is 79.0 Å². The molecule has 6 aliphatic heterocycles. The van der Waals surface area contributed by atoms with E-state index in [1.54, 1.807) is 6.92 Å². The molecule has 0 aliphatic carbocycles. The number of nitrogens with zero attached hydrogens (tertiary/aromatic N) is 15. The van der Waals surface area contributed by atoms with E-state index < -0.39 is 220 Å². The zero-order valence-electron chi connectivity index (χ0n) is 66.4. The molecule has 15 heterocycles. The van der Waals surface area contributed by atoms with Crippen LogP contribution >= 0.6 is 116 Å². The number of anilines is 4. The lowest BCUT2D eigenvalue weighted by Crippen LogP contribution is -2.33. The number of thiol groups is 6. The van der Waals surface area contributed by atoms with Crippen LogP contribution < -0.4 is 56.7 Å². The number of hydrogen-bond acceptors (Lipinski definition) is 49. The standard InChI is InChI=1S/C62H84N22O30P6S6/c1-6-29-30(7-41(103-29)79-13-26(2)50(63)74-60(79)88)110-116(92,122)98-18-38-33(10-44(106-38)82-23-71-47-51(64)67-21-69-53(47)82)113-119(95,125)100-17-37-32(9-43(105-37)81-15-28(4)57(86)78-62(81)90)111-117(93,123)102-20-40-35(12-46(108-40)84-25-73-49-55(84)75-59(66)76-58(49)87)114-120(96,126)101-19-39-34(11-45(107-39)83-24-72-48-52(65)68-22-70-54(48)83)112-118(94,124)99-16-36-31(109-115(91,121)97-5)8-42(104-36)80-14-27(3)56(85)77-61(80)89/h13-15,21-25,29-46,91-96,121-126H,6-12,16-20H2,1-5H3,(H7-4,63,64,65,66,67,68,69,70,74,75,76,77,78,85,86,87,88,89,90)/q+2/p+4/t29-,30?,31?,32?,33?,34?,35?,36-,37-,38-,39-,40-,41-,42-,43-,44-,45-,46-,115?,116?,117?,118?,119?,120?/m1/s1. The minimum atomic E-state index is -4.57. The van der Waals surface area contributed by atoms with Gasteiger partial charge in [0.05, 0.1) is 106 Å². The Hall–Kier alpha value is -5.39. The van der Waals surface area contributed by atoms with Crippen molar-refractivity contribution < 1.29 is 112 Å². The third-order valence-corrected chi connectivity index (χ3v) is 31.0. The number of aryl methyl sites for hydroxylation is 3. The molecule has 0 aromatic carbocycles. The van der Waals surface area contributed by atoms with Crippen LogP contribution in [0.5, 0.6) is 0 Å². The summed E-state index contributed by atoms with van der Waals surface area (Å²) in [6, 6.07) is 0. The maximum absolute atomic E-state index is 13.5. The van der Waals surface area contributed by atoms with Crippen LogP contribution in [-0.2, 0) is 82.7 Å². The molecule has 6 aliphatic rings. The zero-order chi connectivity index (χ0) is 90.2. The number of imidazole rings is 3. The minimum Gasteiger partial charge on any atom is -0.383 e. The number of rotatable bonds is 35. The van der Waals surface area contributed by atoms with Gasteiger partial charge >= 0.3 is 59.9 Å². The number of nitrogen functional groups attached to an aromatic ring is 4. The summed E-state index contributed by atoms with van der Waals surface area (Å²) in [7, 11) is -24.7. The Morgan fingerprint density at radius 1 is 0.389 bits per heavy atom. The average molecular weight is 2000 g/mol. The van der Waals surface area contributed by atoms with Crippen LogP contribution in [0, 0.1) is 20.8 Å². The fourth-order valence-corrected chi connectivity index (χ4v) is 23.5. The SMILES string of the molecule is CC[C@H]1O[C@@H](n2cc(C)c(N)nc2=O)CC1O[P+](O)(S)OC[C@H]1O[C@@H](n2cnc3c(N)ncnc32)CC1O[P+](O)(S)OC[C@H]1O[C@@H](n2cc(C)c(=O)[nH]c2=O)CC1O[P+](O)(S)OC[C@H]1O[C@@H](n2cnc3c(=O)[nH]c(N)nc32)CC1O[P+](O)(S)OC[C@H]1O[C@@H](n2cnc3c(N)ncnc32)CC1O[P+](O)(S)OC[C@H]1O[C@@H](n2cc(C)c(=O)[nH]c2=O)CC1O[P+](O)(S)OC. The normalized spacial score (nSPS) is 29.4. The highest BCUT2D eigenvalue weighted by atomic mass is 32.7. The summed E-state index contributed by atoms with van der Waals surface area (Å²) in [6.45, 7) is 3.25. The zero-order valence-corrected chi connectivity index (χ0v) is 77.1. The van der Waals surface area contributed by atoms with Gasteiger partial charge in [-0.05, 0) is 27.2 Å². The Labute approximate surface area is 743 Å². The molecule has 6 fully saturated rings. The van der Waals surface area contributed by atoms with Gasteiger partial charge in [0.15, 0.2) is 34.1 Å². The van der Waals surface area contributed by atoms with Crippen molar-refractivity contribution in [2.24, 2.45) is 0 Å². The molecular formula is C62H88N22O30P6S6+6. The summed E-state index contributed by atoms with van der Waals surface area (Å²) in [5, 5.41) is 0. The molecule has 6 saturated heterocycles. The average Bonchev–Trinajstić information content (AvgIpc) is 1.63. The van der Waals surface area contributed by atoms with Gasteiger partial charge in [0, 0.05) is 73.8 Å². The minimum absolute atomic E-state index is 0.0337. The lowest BCUT2D eigenvalue weighted by molar-refractivity contribution is -0.0571. The summed E-state index contributed by atoms with van der Waals surface area (Å²) in [5.74, 6) is -0.149. The van der Waals surface area contributed by atoms with Gasteiger partial charge in [0.1, 0.15) is 167 Å². The molecule has 15 rings (SSSR count). The second-order valence-corrected chi connectivity index (χ2v) is 47.4. The molecule has 0 radical (unpaired) electrons. The number of fused-ring (bicyclic) bond motifs is 3. The van der Waals surface area contributed by atoms with E-state index in [1.807, 2.05) is 6.92 Å². The predicted octanol–water partition coefficient (Wildman–Crippen LogP) is 3.18. The van der Waals surface area contributed by atoms with Gasteiger partial charge < -0.3 is 51.4 Å². The van der Waals surface area contributed by atoms with Gasteiger partial charge in [0.2, 0.25) is 5.95 Å². The van der Waals surface area contributed by atoms with Crippen LogP contribution in [0.3, 0.4) is 0 Å². The molecule has 24 atom stereocenters. The van der Waals surface area contributed by atoms with Crippen molar-refractivity contribution in [3.8, 4) is 0 Å². The van der Waals surface area contributed by atoms with Crippen LogP contribution in [0.1, 0.15) is 106 Å². The first-order valence-electron chi connectivity index (χ1n) is 37.9. The highest BCUT2D eigenvalue weighted by Gasteiger charge is 2.59. The van der Waals surface area contributed by atoms with Gasteiger partial charge in [-0.3, -0.25) is 56.7 Å². The Morgan fingerprint density at radius 3 is 1.06 bits per heavy atom. The van der Waals surface area contributed by atoms with Crippen molar-refractivity contribution in [3.05, 3.63) is 129 Å². The molecule has 126 heavy (non-hydrogen) atoms. The van der Waals surface area contributed by atoms with Gasteiger partial charge in [-0.1, -0.05) is 6.92 Å². The molecule has 9 aromatic rings. The Morgan fingerprint density at radius 2 is 0.698 bits per heavy atom. The quantitative estimate of drug-likeness (QED) is 0.0200. The van der Waals surface area contributed by atoms with Gasteiger partial charge in [0.25, 0.3) is 16.7 Å². The van der Waals surface area contributed by atoms with Gasteiger partial charge in [-0.2, -0.15) is 93.6 Å². The van der Waals surface area contributed by atoms with Crippen molar-refractivity contribution >= 4 is 173 Å². The van der Waals surface area contributed by atoms with Crippen LogP contribution in [-0.4, -0.2) is 230 Å². The fourth-order valence-electron chi connectivity index (χ4n) is 14.8. The molecule has 17 N–H and O–H groups in total. The van der Waals surface area contributed by atoms with E-state index in [-0.39, 0.29) is 107 Å². The van der Waals surface area contributed by atoms with E-state index >= 15 is 0 Å². The highest BCUT2D eigenvalue weighted by Crippen LogP contribution is 2.70. The number of H-pyrrole nitrogens is 3. The van der Waals surface area contributed by atoms with Crippen molar-refractivity contribution in [2.75, 3.05) is 63.1 Å². The van der Waals surface area contributed by atoms with E-state index in [9.17, 15) is 58.1 Å². The lowest BCUT2D eigenvalue weighted by Gasteiger charge is -2.24. The molecule has 0 amide bonds. The molecule has 52 nitrogen and oxygen atoms in total. The van der Waals surface area contributed by atoms with Crippen molar-refractivity contribution in [2.45, 2.75) is 183 Å². The first kappa shape index (κ1) is 95.2. The van der Waals surface area contributed by atoms with E-state index in [2.05, 4.69) is 133 Å². The monoisotopic (exact) mass is 2000 g/mol. The van der Waals surface area contributed by atoms with E-state index in [1.165, 1.54) is 82.3 Å². The lowest BCUT2D eigenvalue weighted by atomic mass is 10.1. The first-order valence-corrected chi connectivity index (χ1v) is 54.3. The van der Waals surface area contributed by atoms with E-state index in [4.69, 9.17) is 106 Å². The Bertz CT molecular complexity index is 5870. The molecule has 0 bridgehead atoms. The third-order valence-electron chi connectivity index (χ3n) is 20.9.